The number of carbonyl (C=O) groups is 1. The summed E-state index contributed by atoms with van der Waals surface area (Å²) in [6, 6.07) is 14.8. The fourth-order valence-electron chi connectivity index (χ4n) is 2.37. The van der Waals surface area contributed by atoms with Crippen molar-refractivity contribution in [1.29, 1.82) is 0 Å². The molecule has 0 atom stereocenters. The van der Waals surface area contributed by atoms with E-state index in [1.165, 1.54) is 0 Å². The third-order valence-corrected chi connectivity index (χ3v) is 3.62. The van der Waals surface area contributed by atoms with Crippen molar-refractivity contribution in [2.75, 3.05) is 5.32 Å². The summed E-state index contributed by atoms with van der Waals surface area (Å²) in [5, 5.41) is 2.90. The molecule has 2 heterocycles. The van der Waals surface area contributed by atoms with E-state index in [0.29, 0.717) is 12.2 Å². The van der Waals surface area contributed by atoms with Gasteiger partial charge in [-0.1, -0.05) is 6.07 Å². The lowest BCUT2D eigenvalue weighted by molar-refractivity contribution is -0.116. The fourth-order valence-corrected chi connectivity index (χ4v) is 2.37. The quantitative estimate of drug-likeness (QED) is 0.703. The first-order valence-corrected chi connectivity index (χ1v) is 8.16. The molecule has 0 radical (unpaired) electrons. The van der Waals surface area contributed by atoms with Crippen LogP contribution in [0.15, 0.2) is 73.3 Å². The lowest BCUT2D eigenvalue weighted by Gasteiger charge is -2.08. The van der Waals surface area contributed by atoms with Gasteiger partial charge >= 0.3 is 0 Å². The molecule has 0 saturated carbocycles. The average molecular weight is 333 g/mol. The Balaban J connectivity index is 1.45. The number of anilines is 1. The molecule has 0 unspecified atom stereocenters. The van der Waals surface area contributed by atoms with Crippen molar-refractivity contribution in [3.8, 4) is 11.5 Å². The first-order valence-electron chi connectivity index (χ1n) is 8.16. The maximum absolute atomic E-state index is 12.0. The summed E-state index contributed by atoms with van der Waals surface area (Å²) in [6.45, 7) is 0. The zero-order valence-electron chi connectivity index (χ0n) is 13.8. The molecule has 1 aromatic carbocycles. The number of nitrogens with zero attached hydrogens (tertiary/aromatic N) is 2. The minimum Gasteiger partial charge on any atom is -0.457 e. The number of carbonyl (C=O) groups excluding carboxylic acids is 1. The molecule has 1 N–H and O–H groups in total. The Hall–Kier alpha value is -3.21. The molecular formula is C20H19N3O2. The second-order valence-electron chi connectivity index (χ2n) is 5.57. The van der Waals surface area contributed by atoms with Crippen LogP contribution in [0, 0.1) is 0 Å². The summed E-state index contributed by atoms with van der Waals surface area (Å²) in [6.07, 6.45) is 9.05. The predicted octanol–water partition coefficient (Wildman–Crippen LogP) is 4.23. The van der Waals surface area contributed by atoms with E-state index in [-0.39, 0.29) is 5.91 Å². The Morgan fingerprint density at radius 2 is 1.68 bits per heavy atom. The number of benzene rings is 1. The standard InChI is InChI=1S/C20H19N3O2/c24-20(5-1-3-16-4-2-12-22-15-16)23-17-6-8-18(9-7-17)25-19-10-13-21-14-11-19/h2,4,6-15H,1,3,5H2,(H,23,24). The first kappa shape index (κ1) is 16.6. The first-order chi connectivity index (χ1) is 12.3. The van der Waals surface area contributed by atoms with E-state index in [2.05, 4.69) is 15.3 Å². The van der Waals surface area contributed by atoms with Gasteiger partial charge < -0.3 is 10.1 Å². The number of nitrogens with one attached hydrogen (secondary N) is 1. The van der Waals surface area contributed by atoms with Crippen LogP contribution < -0.4 is 10.1 Å². The summed E-state index contributed by atoms with van der Waals surface area (Å²) < 4.78 is 5.69. The third-order valence-electron chi connectivity index (χ3n) is 3.62. The Morgan fingerprint density at radius 1 is 0.920 bits per heavy atom. The van der Waals surface area contributed by atoms with Gasteiger partial charge in [-0.05, 0) is 60.9 Å². The normalized spacial score (nSPS) is 10.2. The van der Waals surface area contributed by atoms with E-state index in [1.807, 2.05) is 42.6 Å². The molecule has 5 heteroatoms. The van der Waals surface area contributed by atoms with E-state index < -0.39 is 0 Å². The second-order valence-corrected chi connectivity index (χ2v) is 5.57. The minimum absolute atomic E-state index is 0.00620. The smallest absolute Gasteiger partial charge is 0.224 e. The number of hydrogen-bond acceptors (Lipinski definition) is 4. The van der Waals surface area contributed by atoms with Crippen molar-refractivity contribution in [1.82, 2.24) is 9.97 Å². The van der Waals surface area contributed by atoms with Gasteiger partial charge in [0.15, 0.2) is 0 Å². The predicted molar refractivity (Wildman–Crippen MR) is 96.6 cm³/mol. The van der Waals surface area contributed by atoms with Crippen molar-refractivity contribution in [3.05, 3.63) is 78.9 Å². The SMILES string of the molecule is O=C(CCCc1cccnc1)Nc1ccc(Oc2ccncc2)cc1. The van der Waals surface area contributed by atoms with Gasteiger partial charge in [0.2, 0.25) is 5.91 Å². The molecule has 126 valence electrons. The molecule has 1 amide bonds. The zero-order chi connectivity index (χ0) is 17.3. The summed E-state index contributed by atoms with van der Waals surface area (Å²) in [4.78, 5) is 20.0. The molecule has 0 spiro atoms. The molecule has 0 aliphatic heterocycles. The summed E-state index contributed by atoms with van der Waals surface area (Å²) in [5.41, 5.74) is 1.90. The van der Waals surface area contributed by atoms with Crippen molar-refractivity contribution >= 4 is 11.6 Å². The molecule has 25 heavy (non-hydrogen) atoms. The van der Waals surface area contributed by atoms with Gasteiger partial charge in [-0.2, -0.15) is 0 Å². The molecule has 3 rings (SSSR count). The summed E-state index contributed by atoms with van der Waals surface area (Å²) in [5.74, 6) is 1.44. The molecule has 3 aromatic rings. The van der Waals surface area contributed by atoms with Gasteiger partial charge in [-0.15, -0.1) is 0 Å². The summed E-state index contributed by atoms with van der Waals surface area (Å²) in [7, 11) is 0. The van der Waals surface area contributed by atoms with Crippen LogP contribution in [0.1, 0.15) is 18.4 Å². The Labute approximate surface area is 146 Å². The van der Waals surface area contributed by atoms with Gasteiger partial charge in [-0.3, -0.25) is 14.8 Å². The van der Waals surface area contributed by atoms with E-state index in [9.17, 15) is 4.79 Å². The highest BCUT2D eigenvalue weighted by Crippen LogP contribution is 2.22. The third kappa shape index (κ3) is 5.42. The van der Waals surface area contributed by atoms with Gasteiger partial charge in [0.1, 0.15) is 11.5 Å². The lowest BCUT2D eigenvalue weighted by Crippen LogP contribution is -2.11. The van der Waals surface area contributed by atoms with Crippen LogP contribution in [0.2, 0.25) is 0 Å². The second kappa shape index (κ2) is 8.59. The van der Waals surface area contributed by atoms with Crippen LogP contribution >= 0.6 is 0 Å². The average Bonchev–Trinajstić information content (AvgIpc) is 2.65. The highest BCUT2D eigenvalue weighted by atomic mass is 16.5. The number of aryl methyl sites for hydroxylation is 1. The van der Waals surface area contributed by atoms with E-state index in [1.54, 1.807) is 30.7 Å². The zero-order valence-corrected chi connectivity index (χ0v) is 13.8. The number of rotatable bonds is 7. The topological polar surface area (TPSA) is 64.1 Å². The molecule has 5 nitrogen and oxygen atoms in total. The fraction of sp³-hybridized carbons (Fsp3) is 0.150. The number of ether oxygens (including phenoxy) is 1. The Bertz CT molecular complexity index is 790. The van der Waals surface area contributed by atoms with Crippen molar-refractivity contribution in [2.45, 2.75) is 19.3 Å². The number of aromatic nitrogens is 2. The molecule has 0 aliphatic carbocycles. The monoisotopic (exact) mass is 333 g/mol. The van der Waals surface area contributed by atoms with E-state index >= 15 is 0 Å². The highest BCUT2D eigenvalue weighted by Gasteiger charge is 2.04. The van der Waals surface area contributed by atoms with E-state index in [0.717, 1.165) is 29.8 Å². The van der Waals surface area contributed by atoms with Gasteiger partial charge in [-0.25, -0.2) is 0 Å². The number of hydrogen-bond donors (Lipinski definition) is 1. The highest BCUT2D eigenvalue weighted by molar-refractivity contribution is 5.90. The molecule has 0 aliphatic rings. The van der Waals surface area contributed by atoms with Crippen LogP contribution in [0.4, 0.5) is 5.69 Å². The van der Waals surface area contributed by atoms with Gasteiger partial charge in [0, 0.05) is 36.9 Å². The van der Waals surface area contributed by atoms with Crippen LogP contribution in [0.5, 0.6) is 11.5 Å². The summed E-state index contributed by atoms with van der Waals surface area (Å²) >= 11 is 0. The number of pyridine rings is 2. The van der Waals surface area contributed by atoms with Crippen LogP contribution in [0.25, 0.3) is 0 Å². The van der Waals surface area contributed by atoms with E-state index in [4.69, 9.17) is 4.74 Å². The maximum Gasteiger partial charge on any atom is 0.224 e. The molecular weight excluding hydrogens is 314 g/mol. The Morgan fingerprint density at radius 3 is 2.40 bits per heavy atom. The van der Waals surface area contributed by atoms with Crippen molar-refractivity contribution in [2.24, 2.45) is 0 Å². The number of amides is 1. The van der Waals surface area contributed by atoms with Crippen LogP contribution in [-0.4, -0.2) is 15.9 Å². The van der Waals surface area contributed by atoms with Gasteiger partial charge in [0.05, 0.1) is 0 Å². The Kier molecular flexibility index (Phi) is 5.72. The van der Waals surface area contributed by atoms with Crippen molar-refractivity contribution in [3.63, 3.8) is 0 Å². The largest absolute Gasteiger partial charge is 0.457 e. The van der Waals surface area contributed by atoms with Crippen molar-refractivity contribution < 1.29 is 9.53 Å². The molecule has 0 saturated heterocycles. The molecule has 0 fully saturated rings. The lowest BCUT2D eigenvalue weighted by atomic mass is 10.1. The minimum atomic E-state index is 0.00620. The van der Waals surface area contributed by atoms with Gasteiger partial charge in [0.25, 0.3) is 0 Å². The molecule has 0 bridgehead atoms. The van der Waals surface area contributed by atoms with Crippen LogP contribution in [-0.2, 0) is 11.2 Å². The van der Waals surface area contributed by atoms with Crippen LogP contribution in [0.3, 0.4) is 0 Å². The maximum atomic E-state index is 12.0. The molecule has 2 aromatic heterocycles.